The zero-order chi connectivity index (χ0) is 11.7. The molecule has 0 radical (unpaired) electrons. The van der Waals surface area contributed by atoms with Gasteiger partial charge in [0, 0.05) is 6.08 Å². The molecule has 0 spiro atoms. The molecule has 0 saturated carbocycles. The van der Waals surface area contributed by atoms with Gasteiger partial charge in [-0.25, -0.2) is 4.79 Å². The van der Waals surface area contributed by atoms with Gasteiger partial charge in [-0.1, -0.05) is 40.2 Å². The van der Waals surface area contributed by atoms with Crippen molar-refractivity contribution in [3.05, 3.63) is 12.7 Å². The monoisotopic (exact) mass is 212 g/mol. The molecule has 0 rings (SSSR count). The van der Waals surface area contributed by atoms with Crippen molar-refractivity contribution in [1.82, 2.24) is 0 Å². The summed E-state index contributed by atoms with van der Waals surface area (Å²) in [5.41, 5.74) is 0.461. The van der Waals surface area contributed by atoms with Crippen LogP contribution < -0.4 is 0 Å². The van der Waals surface area contributed by atoms with E-state index in [1.807, 2.05) is 0 Å². The Morgan fingerprint density at radius 2 is 1.93 bits per heavy atom. The summed E-state index contributed by atoms with van der Waals surface area (Å²) < 4.78 is 4.92. The summed E-state index contributed by atoms with van der Waals surface area (Å²) in [7, 11) is 0. The summed E-state index contributed by atoms with van der Waals surface area (Å²) in [6.45, 7) is 10.7. The molecule has 0 atom stereocenters. The van der Waals surface area contributed by atoms with Crippen LogP contribution in [-0.4, -0.2) is 12.6 Å². The summed E-state index contributed by atoms with van der Waals surface area (Å²) in [5, 5.41) is 0. The van der Waals surface area contributed by atoms with Crippen LogP contribution in [0.2, 0.25) is 0 Å². The molecule has 2 nitrogen and oxygen atoms in total. The summed E-state index contributed by atoms with van der Waals surface area (Å²) in [6, 6.07) is 0. The minimum Gasteiger partial charge on any atom is -0.463 e. The second kappa shape index (κ2) is 7.49. The third kappa shape index (κ3) is 6.32. The van der Waals surface area contributed by atoms with Crippen molar-refractivity contribution in [3.8, 4) is 0 Å². The fourth-order valence-corrected chi connectivity index (χ4v) is 1.49. The lowest BCUT2D eigenvalue weighted by atomic mass is 9.80. The Morgan fingerprint density at radius 1 is 1.33 bits per heavy atom. The first-order valence-corrected chi connectivity index (χ1v) is 5.87. The molecule has 15 heavy (non-hydrogen) atoms. The maximum absolute atomic E-state index is 10.7. The van der Waals surface area contributed by atoms with Gasteiger partial charge in [0.2, 0.25) is 0 Å². The molecule has 0 aliphatic carbocycles. The van der Waals surface area contributed by atoms with Crippen molar-refractivity contribution >= 4 is 5.97 Å². The molecule has 0 heterocycles. The Hall–Kier alpha value is -0.790. The van der Waals surface area contributed by atoms with Gasteiger partial charge in [-0.05, 0) is 24.7 Å². The van der Waals surface area contributed by atoms with Gasteiger partial charge >= 0.3 is 5.97 Å². The maximum atomic E-state index is 10.7. The zero-order valence-electron chi connectivity index (χ0n) is 10.3. The lowest BCUT2D eigenvalue weighted by molar-refractivity contribution is -0.137. The molecule has 0 amide bonds. The number of carbonyl (C=O) groups is 1. The number of ether oxygens (including phenoxy) is 1. The highest BCUT2D eigenvalue weighted by Gasteiger charge is 2.18. The molecular weight excluding hydrogens is 188 g/mol. The van der Waals surface area contributed by atoms with Crippen LogP contribution in [0.3, 0.4) is 0 Å². The average Bonchev–Trinajstić information content (AvgIpc) is 2.27. The van der Waals surface area contributed by atoms with E-state index < -0.39 is 0 Å². The highest BCUT2D eigenvalue weighted by Crippen LogP contribution is 2.31. The molecule has 0 aromatic heterocycles. The van der Waals surface area contributed by atoms with Gasteiger partial charge in [-0.3, -0.25) is 0 Å². The van der Waals surface area contributed by atoms with Gasteiger partial charge in [-0.15, -0.1) is 0 Å². The van der Waals surface area contributed by atoms with Gasteiger partial charge in [0.15, 0.2) is 0 Å². The van der Waals surface area contributed by atoms with Gasteiger partial charge < -0.3 is 4.74 Å². The van der Waals surface area contributed by atoms with Crippen molar-refractivity contribution < 1.29 is 9.53 Å². The number of unbranched alkanes of at least 4 members (excludes halogenated alkanes) is 1. The van der Waals surface area contributed by atoms with Crippen LogP contribution in [0.5, 0.6) is 0 Å². The predicted octanol–water partition coefficient (Wildman–Crippen LogP) is 3.71. The van der Waals surface area contributed by atoms with E-state index >= 15 is 0 Å². The molecule has 0 saturated heterocycles. The minimum absolute atomic E-state index is 0.316. The lowest BCUT2D eigenvalue weighted by Crippen LogP contribution is -2.14. The van der Waals surface area contributed by atoms with Crippen LogP contribution in [0.1, 0.15) is 52.9 Å². The molecule has 0 aromatic rings. The number of carbonyl (C=O) groups excluding carboxylic acids is 1. The smallest absolute Gasteiger partial charge is 0.330 e. The van der Waals surface area contributed by atoms with Crippen molar-refractivity contribution in [1.29, 1.82) is 0 Å². The van der Waals surface area contributed by atoms with Gasteiger partial charge in [0.25, 0.3) is 0 Å². The minimum atomic E-state index is -0.316. The summed E-state index contributed by atoms with van der Waals surface area (Å²) in [4.78, 5) is 10.7. The van der Waals surface area contributed by atoms with Gasteiger partial charge in [-0.2, -0.15) is 0 Å². The van der Waals surface area contributed by atoms with Crippen LogP contribution in [0.4, 0.5) is 0 Å². The van der Waals surface area contributed by atoms with Crippen molar-refractivity contribution in [2.45, 2.75) is 52.9 Å². The van der Waals surface area contributed by atoms with Gasteiger partial charge in [0.05, 0.1) is 6.61 Å². The topological polar surface area (TPSA) is 26.3 Å². The van der Waals surface area contributed by atoms with E-state index in [1.165, 1.54) is 25.3 Å². The van der Waals surface area contributed by atoms with E-state index in [9.17, 15) is 4.79 Å². The summed E-state index contributed by atoms with van der Waals surface area (Å²) >= 11 is 0. The van der Waals surface area contributed by atoms with E-state index in [4.69, 9.17) is 4.74 Å². The standard InChI is InChI=1S/C13H24O2/c1-5-12(14)15-11-9-8-10-13(4,6-2)7-3/h5H,1,6-11H2,2-4H3. The highest BCUT2D eigenvalue weighted by molar-refractivity contribution is 5.81. The summed E-state index contributed by atoms with van der Waals surface area (Å²) in [5.74, 6) is -0.316. The molecule has 0 aliphatic rings. The summed E-state index contributed by atoms with van der Waals surface area (Å²) in [6.07, 6.45) is 6.94. The number of esters is 1. The molecule has 0 bridgehead atoms. The largest absolute Gasteiger partial charge is 0.463 e. The van der Waals surface area contributed by atoms with Gasteiger partial charge in [0.1, 0.15) is 0 Å². The number of hydrogen-bond donors (Lipinski definition) is 0. The molecule has 2 heteroatoms. The molecule has 0 fully saturated rings. The van der Waals surface area contributed by atoms with Crippen LogP contribution in [0.15, 0.2) is 12.7 Å². The van der Waals surface area contributed by atoms with E-state index in [-0.39, 0.29) is 5.97 Å². The predicted molar refractivity (Wildman–Crippen MR) is 63.7 cm³/mol. The molecule has 88 valence electrons. The zero-order valence-corrected chi connectivity index (χ0v) is 10.3. The lowest BCUT2D eigenvalue weighted by Gasteiger charge is -2.26. The van der Waals surface area contributed by atoms with E-state index in [0.29, 0.717) is 12.0 Å². The van der Waals surface area contributed by atoms with Crippen molar-refractivity contribution in [2.24, 2.45) is 5.41 Å². The SMILES string of the molecule is C=CC(=O)OCCCCC(C)(CC)CC. The number of hydrogen-bond acceptors (Lipinski definition) is 2. The third-order valence-corrected chi connectivity index (χ3v) is 3.29. The van der Waals surface area contributed by atoms with E-state index in [2.05, 4.69) is 27.4 Å². The van der Waals surface area contributed by atoms with Crippen LogP contribution in [0.25, 0.3) is 0 Å². The Labute approximate surface area is 93.7 Å². The first-order valence-electron chi connectivity index (χ1n) is 5.87. The second-order valence-corrected chi connectivity index (χ2v) is 4.35. The average molecular weight is 212 g/mol. The first kappa shape index (κ1) is 14.2. The van der Waals surface area contributed by atoms with Crippen LogP contribution >= 0.6 is 0 Å². The Balaban J connectivity index is 3.53. The quantitative estimate of drug-likeness (QED) is 0.348. The van der Waals surface area contributed by atoms with E-state index in [0.717, 1.165) is 12.8 Å². The Bertz CT molecular complexity index is 193. The molecule has 0 N–H and O–H groups in total. The first-order chi connectivity index (χ1) is 7.08. The fraction of sp³-hybridized carbons (Fsp3) is 0.769. The maximum Gasteiger partial charge on any atom is 0.330 e. The van der Waals surface area contributed by atoms with E-state index in [1.54, 1.807) is 0 Å². The second-order valence-electron chi connectivity index (χ2n) is 4.35. The molecule has 0 unspecified atom stereocenters. The number of rotatable bonds is 8. The highest BCUT2D eigenvalue weighted by atomic mass is 16.5. The third-order valence-electron chi connectivity index (χ3n) is 3.29. The van der Waals surface area contributed by atoms with Crippen LogP contribution in [-0.2, 0) is 9.53 Å². The Kier molecular flexibility index (Phi) is 7.10. The van der Waals surface area contributed by atoms with Crippen molar-refractivity contribution in [3.63, 3.8) is 0 Å². The van der Waals surface area contributed by atoms with Crippen LogP contribution in [0, 0.1) is 5.41 Å². The molecule has 0 aromatic carbocycles. The fourth-order valence-electron chi connectivity index (χ4n) is 1.49. The molecular formula is C13H24O2. The Morgan fingerprint density at radius 3 is 2.40 bits per heavy atom. The van der Waals surface area contributed by atoms with Crippen molar-refractivity contribution in [2.75, 3.05) is 6.61 Å². The molecule has 0 aliphatic heterocycles. The normalized spacial score (nSPS) is 11.1.